The van der Waals surface area contributed by atoms with Crippen LogP contribution in [-0.4, -0.2) is 26.2 Å². The molecule has 3 heterocycles. The Bertz CT molecular complexity index is 833. The fourth-order valence-corrected chi connectivity index (χ4v) is 4.01. The highest BCUT2D eigenvalue weighted by molar-refractivity contribution is 6.30. The third-order valence-electron chi connectivity index (χ3n) is 4.79. The zero-order chi connectivity index (χ0) is 19.0. The maximum absolute atomic E-state index is 11.0. The largest absolute Gasteiger partial charge is 0.349 e. The molecule has 3 rings (SSSR count). The smallest absolute Gasteiger partial charge is 0.290 e. The zero-order valence-electron chi connectivity index (χ0n) is 15.6. The summed E-state index contributed by atoms with van der Waals surface area (Å²) in [6.07, 6.45) is 3.33. The minimum Gasteiger partial charge on any atom is -0.349 e. The number of hydrogen-bond donors (Lipinski definition) is 0. The number of anilines is 1. The van der Waals surface area contributed by atoms with Gasteiger partial charge in [0.15, 0.2) is 0 Å². The van der Waals surface area contributed by atoms with Gasteiger partial charge in [-0.25, -0.2) is 4.98 Å². The van der Waals surface area contributed by atoms with Crippen LogP contribution in [0.2, 0.25) is 5.15 Å². The third-order valence-corrected chi connectivity index (χ3v) is 5.19. The van der Waals surface area contributed by atoms with Crippen LogP contribution in [0.3, 0.4) is 0 Å². The second-order valence-electron chi connectivity index (χ2n) is 7.30. The van der Waals surface area contributed by atoms with Gasteiger partial charge in [-0.15, -0.1) is 0 Å². The quantitative estimate of drug-likeness (QED) is 0.568. The molecule has 0 amide bonds. The van der Waals surface area contributed by atoms with E-state index < -0.39 is 4.92 Å². The van der Waals surface area contributed by atoms with E-state index in [1.165, 1.54) is 6.20 Å². The topological polar surface area (TPSA) is 77.1 Å². The Morgan fingerprint density at radius 2 is 2.15 bits per heavy atom. The summed E-state index contributed by atoms with van der Waals surface area (Å²) in [5.41, 5.74) is 2.64. The Morgan fingerprint density at radius 3 is 2.77 bits per heavy atom. The van der Waals surface area contributed by atoms with Crippen LogP contribution in [0.5, 0.6) is 0 Å². The molecule has 0 aromatic carbocycles. The molecule has 1 saturated heterocycles. The Balaban J connectivity index is 1.95. The van der Waals surface area contributed by atoms with Crippen molar-refractivity contribution in [2.24, 2.45) is 5.92 Å². The molecule has 1 fully saturated rings. The average Bonchev–Trinajstić information content (AvgIpc) is 3.11. The van der Waals surface area contributed by atoms with E-state index in [0.29, 0.717) is 16.6 Å². The van der Waals surface area contributed by atoms with Gasteiger partial charge in [0.05, 0.1) is 16.7 Å². The first-order valence-corrected chi connectivity index (χ1v) is 9.27. The van der Waals surface area contributed by atoms with Crippen molar-refractivity contribution in [1.82, 2.24) is 14.8 Å². The van der Waals surface area contributed by atoms with Crippen LogP contribution in [-0.2, 0) is 6.54 Å². The molecule has 1 unspecified atom stereocenters. The first-order valence-electron chi connectivity index (χ1n) is 8.90. The lowest BCUT2D eigenvalue weighted by Crippen LogP contribution is -2.24. The maximum Gasteiger partial charge on any atom is 0.290 e. The van der Waals surface area contributed by atoms with Gasteiger partial charge in [0.2, 0.25) is 0 Å². The number of nitro groups is 1. The van der Waals surface area contributed by atoms with Gasteiger partial charge >= 0.3 is 0 Å². The van der Waals surface area contributed by atoms with E-state index in [1.807, 2.05) is 11.6 Å². The number of pyridine rings is 1. The highest BCUT2D eigenvalue weighted by atomic mass is 35.5. The lowest BCUT2D eigenvalue weighted by atomic mass is 10.1. The van der Waals surface area contributed by atoms with Crippen molar-refractivity contribution in [3.05, 3.63) is 44.4 Å². The van der Waals surface area contributed by atoms with Gasteiger partial charge in [0.25, 0.3) is 5.69 Å². The van der Waals surface area contributed by atoms with Gasteiger partial charge < -0.3 is 4.90 Å². The summed E-state index contributed by atoms with van der Waals surface area (Å²) in [6.45, 7) is 9.63. The number of aromatic nitrogens is 3. The molecule has 0 N–H and O–H groups in total. The Hall–Kier alpha value is -2.15. The molecule has 0 spiro atoms. The zero-order valence-corrected chi connectivity index (χ0v) is 16.3. The van der Waals surface area contributed by atoms with Crippen molar-refractivity contribution >= 4 is 23.1 Å². The number of halogens is 1. The summed E-state index contributed by atoms with van der Waals surface area (Å²) in [6, 6.07) is 1.88. The van der Waals surface area contributed by atoms with Crippen LogP contribution in [0.15, 0.2) is 12.3 Å². The molecule has 140 valence electrons. The van der Waals surface area contributed by atoms with Gasteiger partial charge in [-0.3, -0.25) is 14.8 Å². The van der Waals surface area contributed by atoms with Crippen molar-refractivity contribution in [3.8, 4) is 0 Å². The van der Waals surface area contributed by atoms with Crippen LogP contribution < -0.4 is 4.90 Å². The third kappa shape index (κ3) is 3.40. The van der Waals surface area contributed by atoms with Crippen molar-refractivity contribution in [2.75, 3.05) is 11.4 Å². The van der Waals surface area contributed by atoms with Crippen LogP contribution >= 0.6 is 11.6 Å². The summed E-state index contributed by atoms with van der Waals surface area (Å²) in [5, 5.41) is 16.4. The minimum absolute atomic E-state index is 0.0449. The minimum atomic E-state index is -0.398. The van der Waals surface area contributed by atoms with Gasteiger partial charge in [0, 0.05) is 24.2 Å². The second-order valence-corrected chi connectivity index (χ2v) is 7.66. The summed E-state index contributed by atoms with van der Waals surface area (Å²) in [7, 11) is 0. The molecule has 1 aliphatic heterocycles. The SMILES string of the molecule is Cc1cc(N2CCCC2c2c(C)nn(CC(C)C)c2Cl)ncc1[N+](=O)[O-]. The van der Waals surface area contributed by atoms with Crippen molar-refractivity contribution < 1.29 is 4.92 Å². The highest BCUT2D eigenvalue weighted by Gasteiger charge is 2.33. The molecule has 1 atom stereocenters. The van der Waals surface area contributed by atoms with E-state index in [-0.39, 0.29) is 11.7 Å². The predicted octanol–water partition coefficient (Wildman–Crippen LogP) is 4.45. The van der Waals surface area contributed by atoms with E-state index in [0.717, 1.165) is 43.0 Å². The fraction of sp³-hybridized carbons (Fsp3) is 0.556. The molecule has 0 saturated carbocycles. The lowest BCUT2D eigenvalue weighted by molar-refractivity contribution is -0.385. The van der Waals surface area contributed by atoms with E-state index in [1.54, 1.807) is 13.0 Å². The molecule has 0 radical (unpaired) electrons. The maximum atomic E-state index is 11.0. The molecule has 8 heteroatoms. The monoisotopic (exact) mass is 377 g/mol. The van der Waals surface area contributed by atoms with Gasteiger partial charge in [-0.2, -0.15) is 5.10 Å². The van der Waals surface area contributed by atoms with Crippen LogP contribution in [0.4, 0.5) is 11.5 Å². The highest BCUT2D eigenvalue weighted by Crippen LogP contribution is 2.40. The first-order chi connectivity index (χ1) is 12.3. The Labute approximate surface area is 158 Å². The number of rotatable bonds is 5. The molecular formula is C18H24ClN5O2. The van der Waals surface area contributed by atoms with E-state index in [9.17, 15) is 10.1 Å². The molecule has 2 aromatic rings. The summed E-state index contributed by atoms with van der Waals surface area (Å²) < 4.78 is 1.88. The number of aryl methyl sites for hydroxylation is 2. The molecule has 0 aliphatic carbocycles. The first kappa shape index (κ1) is 18.6. The molecule has 26 heavy (non-hydrogen) atoms. The lowest BCUT2D eigenvalue weighted by Gasteiger charge is -2.26. The van der Waals surface area contributed by atoms with E-state index >= 15 is 0 Å². The van der Waals surface area contributed by atoms with Crippen LogP contribution in [0.25, 0.3) is 0 Å². The standard InChI is InChI=1S/C18H24ClN5O2/c1-11(2)10-23-18(19)17(13(4)21-23)14-6-5-7-22(14)16-8-12(3)15(9-20-16)24(25)26/h8-9,11,14H,5-7,10H2,1-4H3. The molecule has 7 nitrogen and oxygen atoms in total. The molecular weight excluding hydrogens is 354 g/mol. The molecule has 2 aromatic heterocycles. The Kier molecular flexibility index (Phi) is 5.18. The predicted molar refractivity (Wildman–Crippen MR) is 102 cm³/mol. The van der Waals surface area contributed by atoms with Crippen LogP contribution in [0.1, 0.15) is 49.6 Å². The summed E-state index contributed by atoms with van der Waals surface area (Å²) in [4.78, 5) is 17.2. The van der Waals surface area contributed by atoms with Gasteiger partial charge in [-0.1, -0.05) is 25.4 Å². The van der Waals surface area contributed by atoms with Crippen LogP contribution in [0, 0.1) is 29.9 Å². The van der Waals surface area contributed by atoms with Crippen molar-refractivity contribution in [1.29, 1.82) is 0 Å². The number of nitrogens with zero attached hydrogens (tertiary/aromatic N) is 5. The van der Waals surface area contributed by atoms with E-state index in [2.05, 4.69) is 28.8 Å². The average molecular weight is 378 g/mol. The van der Waals surface area contributed by atoms with Gasteiger partial charge in [0.1, 0.15) is 17.2 Å². The summed E-state index contributed by atoms with van der Waals surface area (Å²) in [5.74, 6) is 1.21. The number of hydrogen-bond acceptors (Lipinski definition) is 5. The van der Waals surface area contributed by atoms with E-state index in [4.69, 9.17) is 11.6 Å². The normalized spacial score (nSPS) is 17.3. The Morgan fingerprint density at radius 1 is 1.42 bits per heavy atom. The van der Waals surface area contributed by atoms with Gasteiger partial charge in [-0.05, 0) is 38.7 Å². The summed E-state index contributed by atoms with van der Waals surface area (Å²) >= 11 is 6.67. The van der Waals surface area contributed by atoms with Crippen molar-refractivity contribution in [2.45, 2.75) is 53.1 Å². The van der Waals surface area contributed by atoms with Crippen molar-refractivity contribution in [3.63, 3.8) is 0 Å². The molecule has 0 bridgehead atoms. The molecule has 1 aliphatic rings. The fourth-order valence-electron chi connectivity index (χ4n) is 3.64. The second kappa shape index (κ2) is 7.23.